The van der Waals surface area contributed by atoms with E-state index in [1.807, 2.05) is 42.6 Å². The molecule has 132 valence electrons. The summed E-state index contributed by atoms with van der Waals surface area (Å²) in [5.41, 5.74) is 1.82. The molecule has 6 nitrogen and oxygen atoms in total. The summed E-state index contributed by atoms with van der Waals surface area (Å²) in [4.78, 5) is 15.8. The monoisotopic (exact) mass is 351 g/mol. The Hall–Kier alpha value is -3.22. The lowest BCUT2D eigenvalue weighted by molar-refractivity contribution is 0.0918. The van der Waals surface area contributed by atoms with Gasteiger partial charge < -0.3 is 10.3 Å². The highest BCUT2D eigenvalue weighted by atomic mass is 19.1. The second kappa shape index (κ2) is 6.25. The minimum absolute atomic E-state index is 0.105. The number of benzene rings is 1. The van der Waals surface area contributed by atoms with E-state index in [0.29, 0.717) is 22.4 Å². The molecule has 3 heterocycles. The van der Waals surface area contributed by atoms with Gasteiger partial charge in [0.05, 0.1) is 6.04 Å². The Morgan fingerprint density at radius 1 is 1.19 bits per heavy atom. The average Bonchev–Trinajstić information content (AvgIpc) is 3.23. The number of nitrogens with zero attached hydrogens (tertiary/aromatic N) is 3. The summed E-state index contributed by atoms with van der Waals surface area (Å²) < 4.78 is 15.2. The van der Waals surface area contributed by atoms with Crippen LogP contribution in [-0.2, 0) is 0 Å². The molecule has 0 saturated heterocycles. The third-order valence-electron chi connectivity index (χ3n) is 4.40. The summed E-state index contributed by atoms with van der Waals surface area (Å²) in [6.45, 7) is 4.02. The predicted octanol–water partition coefficient (Wildman–Crippen LogP) is 3.48. The maximum absolute atomic E-state index is 13.4. The number of rotatable bonds is 4. The number of halogens is 1. The fraction of sp³-hybridized carbons (Fsp3) is 0.211. The first kappa shape index (κ1) is 16.3. The van der Waals surface area contributed by atoms with Gasteiger partial charge in [0.2, 0.25) is 0 Å². The van der Waals surface area contributed by atoms with Crippen molar-refractivity contribution in [1.82, 2.24) is 24.9 Å². The Morgan fingerprint density at radius 3 is 2.85 bits per heavy atom. The Kier molecular flexibility index (Phi) is 3.91. The van der Waals surface area contributed by atoms with E-state index in [1.165, 1.54) is 12.1 Å². The lowest BCUT2D eigenvalue weighted by Crippen LogP contribution is -2.33. The molecule has 0 saturated carbocycles. The van der Waals surface area contributed by atoms with Crippen molar-refractivity contribution < 1.29 is 9.18 Å². The molecule has 0 radical (unpaired) electrons. The molecule has 4 aromatic rings. The quantitative estimate of drug-likeness (QED) is 0.591. The number of pyridine rings is 1. The van der Waals surface area contributed by atoms with E-state index in [1.54, 1.807) is 12.1 Å². The number of H-pyrrole nitrogens is 1. The highest BCUT2D eigenvalue weighted by Crippen LogP contribution is 2.22. The second-order valence-electron chi connectivity index (χ2n) is 6.60. The second-order valence-corrected chi connectivity index (χ2v) is 6.60. The number of hydrogen-bond acceptors (Lipinski definition) is 3. The van der Waals surface area contributed by atoms with Gasteiger partial charge in [0.15, 0.2) is 11.5 Å². The SMILES string of the molecule is CC(C)[C@@H](NC(=O)c1cc2cc(F)ccc2[nH]1)c1nnc2ccccn12. The minimum atomic E-state index is -0.335. The molecule has 0 spiro atoms. The number of hydrogen-bond donors (Lipinski definition) is 2. The summed E-state index contributed by atoms with van der Waals surface area (Å²) in [5.74, 6) is 0.172. The van der Waals surface area contributed by atoms with Gasteiger partial charge in [-0.25, -0.2) is 4.39 Å². The number of aromatic amines is 1. The molecule has 7 heteroatoms. The lowest BCUT2D eigenvalue weighted by atomic mass is 10.0. The molecule has 4 rings (SSSR count). The zero-order chi connectivity index (χ0) is 18.3. The molecule has 1 amide bonds. The van der Waals surface area contributed by atoms with Crippen molar-refractivity contribution in [3.05, 3.63) is 66.0 Å². The Balaban J connectivity index is 1.66. The first-order chi connectivity index (χ1) is 12.5. The van der Waals surface area contributed by atoms with Crippen LogP contribution in [0.15, 0.2) is 48.7 Å². The molecule has 2 N–H and O–H groups in total. The van der Waals surface area contributed by atoms with Gasteiger partial charge in [-0.1, -0.05) is 19.9 Å². The lowest BCUT2D eigenvalue weighted by Gasteiger charge is -2.20. The van der Waals surface area contributed by atoms with Crippen molar-refractivity contribution in [2.24, 2.45) is 5.92 Å². The highest BCUT2D eigenvalue weighted by molar-refractivity contribution is 5.98. The van der Waals surface area contributed by atoms with Crippen molar-refractivity contribution in [2.45, 2.75) is 19.9 Å². The molecule has 0 aliphatic rings. The van der Waals surface area contributed by atoms with E-state index in [0.717, 1.165) is 5.65 Å². The highest BCUT2D eigenvalue weighted by Gasteiger charge is 2.24. The standard InChI is InChI=1S/C19H18FN5O/c1-11(2)17(18-24-23-16-5-3-4-8-25(16)18)22-19(26)15-10-12-9-13(20)6-7-14(12)21-15/h3-11,17,21H,1-2H3,(H,22,26)/t17-/m1/s1. The van der Waals surface area contributed by atoms with Crippen molar-refractivity contribution in [3.8, 4) is 0 Å². The third kappa shape index (κ3) is 2.81. The number of fused-ring (bicyclic) bond motifs is 2. The normalized spacial score (nSPS) is 12.8. The molecule has 0 aliphatic heterocycles. The van der Waals surface area contributed by atoms with Gasteiger partial charge in [-0.2, -0.15) is 0 Å². The first-order valence-electron chi connectivity index (χ1n) is 8.42. The smallest absolute Gasteiger partial charge is 0.268 e. The molecule has 0 unspecified atom stereocenters. The number of aromatic nitrogens is 4. The van der Waals surface area contributed by atoms with Crippen LogP contribution in [0.1, 0.15) is 36.2 Å². The van der Waals surface area contributed by atoms with E-state index in [9.17, 15) is 9.18 Å². The first-order valence-corrected chi connectivity index (χ1v) is 8.42. The van der Waals surface area contributed by atoms with E-state index in [4.69, 9.17) is 0 Å². The van der Waals surface area contributed by atoms with E-state index in [2.05, 4.69) is 20.5 Å². The van der Waals surface area contributed by atoms with Crippen LogP contribution >= 0.6 is 0 Å². The van der Waals surface area contributed by atoms with Gasteiger partial charge in [0, 0.05) is 17.1 Å². The van der Waals surface area contributed by atoms with Crippen LogP contribution in [0.25, 0.3) is 16.6 Å². The zero-order valence-corrected chi connectivity index (χ0v) is 14.4. The maximum Gasteiger partial charge on any atom is 0.268 e. The van der Waals surface area contributed by atoms with Crippen LogP contribution in [0.3, 0.4) is 0 Å². The van der Waals surface area contributed by atoms with Gasteiger partial charge >= 0.3 is 0 Å². The molecule has 0 bridgehead atoms. The Labute approximate surface area is 149 Å². The van der Waals surface area contributed by atoms with Crippen LogP contribution < -0.4 is 5.32 Å². The fourth-order valence-electron chi connectivity index (χ4n) is 3.05. The topological polar surface area (TPSA) is 75.1 Å². The van der Waals surface area contributed by atoms with Crippen LogP contribution in [-0.4, -0.2) is 25.5 Å². The minimum Gasteiger partial charge on any atom is -0.351 e. The maximum atomic E-state index is 13.4. The van der Waals surface area contributed by atoms with Crippen molar-refractivity contribution in [2.75, 3.05) is 0 Å². The van der Waals surface area contributed by atoms with Gasteiger partial charge in [-0.15, -0.1) is 10.2 Å². The largest absolute Gasteiger partial charge is 0.351 e. The van der Waals surface area contributed by atoms with Crippen LogP contribution in [0.2, 0.25) is 0 Å². The van der Waals surface area contributed by atoms with E-state index >= 15 is 0 Å². The predicted molar refractivity (Wildman–Crippen MR) is 96.3 cm³/mol. The molecule has 3 aromatic heterocycles. The van der Waals surface area contributed by atoms with Crippen LogP contribution in [0.4, 0.5) is 4.39 Å². The van der Waals surface area contributed by atoms with E-state index in [-0.39, 0.29) is 23.7 Å². The summed E-state index contributed by atoms with van der Waals surface area (Å²) in [6.07, 6.45) is 1.87. The van der Waals surface area contributed by atoms with Gasteiger partial charge in [-0.3, -0.25) is 9.20 Å². The number of carbonyl (C=O) groups excluding carboxylic acids is 1. The fourth-order valence-corrected chi connectivity index (χ4v) is 3.05. The summed E-state index contributed by atoms with van der Waals surface area (Å²) in [6, 6.07) is 11.4. The van der Waals surface area contributed by atoms with Crippen molar-refractivity contribution in [1.29, 1.82) is 0 Å². The number of carbonyl (C=O) groups is 1. The van der Waals surface area contributed by atoms with Gasteiger partial charge in [0.1, 0.15) is 11.5 Å². The third-order valence-corrected chi connectivity index (χ3v) is 4.40. The van der Waals surface area contributed by atoms with Crippen molar-refractivity contribution in [3.63, 3.8) is 0 Å². The summed E-state index contributed by atoms with van der Waals surface area (Å²) in [7, 11) is 0. The average molecular weight is 351 g/mol. The number of nitrogens with one attached hydrogen (secondary N) is 2. The molecule has 1 atom stereocenters. The van der Waals surface area contributed by atoms with Crippen LogP contribution in [0.5, 0.6) is 0 Å². The summed E-state index contributed by atoms with van der Waals surface area (Å²) >= 11 is 0. The molecule has 1 aromatic carbocycles. The van der Waals surface area contributed by atoms with Gasteiger partial charge in [-0.05, 0) is 42.3 Å². The molecule has 0 fully saturated rings. The Bertz CT molecular complexity index is 1100. The zero-order valence-electron chi connectivity index (χ0n) is 14.4. The van der Waals surface area contributed by atoms with Crippen molar-refractivity contribution >= 4 is 22.5 Å². The molecule has 26 heavy (non-hydrogen) atoms. The molecular formula is C19H18FN5O. The Morgan fingerprint density at radius 2 is 2.04 bits per heavy atom. The van der Waals surface area contributed by atoms with Gasteiger partial charge in [0.25, 0.3) is 5.91 Å². The van der Waals surface area contributed by atoms with Crippen LogP contribution in [0, 0.1) is 11.7 Å². The molecular weight excluding hydrogens is 333 g/mol. The number of amides is 1. The van der Waals surface area contributed by atoms with E-state index < -0.39 is 0 Å². The summed E-state index contributed by atoms with van der Waals surface area (Å²) in [5, 5.41) is 12.1. The molecule has 0 aliphatic carbocycles.